The van der Waals surface area contributed by atoms with E-state index in [0.717, 1.165) is 68.0 Å². The van der Waals surface area contributed by atoms with Crippen LogP contribution in [0.25, 0.3) is 0 Å². The van der Waals surface area contributed by atoms with Gasteiger partial charge < -0.3 is 15.3 Å². The summed E-state index contributed by atoms with van der Waals surface area (Å²) in [6.07, 6.45) is 4.30. The van der Waals surface area contributed by atoms with E-state index in [1.54, 1.807) is 0 Å². The summed E-state index contributed by atoms with van der Waals surface area (Å²) in [6.45, 7) is 1.02. The molecule has 1 saturated heterocycles. The predicted octanol–water partition coefficient (Wildman–Crippen LogP) is 1.79. The number of aryl methyl sites for hydroxylation is 2. The van der Waals surface area contributed by atoms with Gasteiger partial charge in [0.1, 0.15) is 17.7 Å². The number of nitrogens with zero attached hydrogens (tertiary/aromatic N) is 2. The lowest BCUT2D eigenvalue weighted by molar-refractivity contribution is -0.150. The van der Waals surface area contributed by atoms with Crippen molar-refractivity contribution in [3.05, 3.63) is 53.5 Å². The summed E-state index contributed by atoms with van der Waals surface area (Å²) >= 11 is 0. The Morgan fingerprint density at radius 2 is 2.03 bits per heavy atom. The first kappa shape index (κ1) is 24.1. The van der Waals surface area contributed by atoms with Crippen LogP contribution >= 0.6 is 0 Å². The number of pyridine rings is 1. The van der Waals surface area contributed by atoms with Crippen LogP contribution in [0.1, 0.15) is 30.5 Å². The van der Waals surface area contributed by atoms with Crippen LogP contribution in [0, 0.1) is 11.7 Å². The highest BCUT2D eigenvalue weighted by atomic mass is 32.2. The molecule has 2 aromatic rings. The molecule has 182 valence electrons. The Balaban J connectivity index is 1.26. The number of hydrogen-bond donors (Lipinski definition) is 3. The number of likely N-dealkylation sites (tertiary alicyclic amines) is 1. The molecule has 4 rings (SSSR count). The number of rotatable bonds is 10. The summed E-state index contributed by atoms with van der Waals surface area (Å²) in [5, 5.41) is 12.8. The maximum atomic E-state index is 13.1. The Morgan fingerprint density at radius 3 is 2.74 bits per heavy atom. The van der Waals surface area contributed by atoms with E-state index < -0.39 is 27.9 Å². The van der Waals surface area contributed by atoms with Gasteiger partial charge in [-0.25, -0.2) is 17.8 Å². The molecule has 1 amide bonds. The fourth-order valence-electron chi connectivity index (χ4n) is 4.25. The molecule has 1 fully saturated rings. The van der Waals surface area contributed by atoms with E-state index >= 15 is 0 Å². The van der Waals surface area contributed by atoms with Crippen LogP contribution in [-0.4, -0.2) is 61.0 Å². The van der Waals surface area contributed by atoms with Crippen LogP contribution in [-0.2, 0) is 32.5 Å². The smallest absolute Gasteiger partial charge is 0.323 e. The number of nitrogens with one attached hydrogen (secondary N) is 2. The lowest BCUT2D eigenvalue weighted by atomic mass is 9.91. The molecule has 2 aliphatic rings. The highest BCUT2D eigenvalue weighted by Gasteiger charge is 2.39. The van der Waals surface area contributed by atoms with Crippen LogP contribution in [0.4, 0.5) is 10.2 Å². The Hall–Kier alpha value is -3.05. The van der Waals surface area contributed by atoms with Crippen LogP contribution in [0.5, 0.6) is 0 Å². The molecule has 3 heterocycles. The molecule has 1 aromatic carbocycles. The third-order valence-electron chi connectivity index (χ3n) is 6.16. The average molecular weight is 491 g/mol. The van der Waals surface area contributed by atoms with Crippen molar-refractivity contribution < 1.29 is 27.5 Å². The number of carbonyl (C=O) groups excluding carboxylic acids is 1. The Kier molecular flexibility index (Phi) is 7.13. The van der Waals surface area contributed by atoms with Crippen molar-refractivity contribution in [2.45, 2.75) is 43.0 Å². The Bertz CT molecular complexity index is 1170. The number of amides is 1. The largest absolute Gasteiger partial charge is 0.480 e. The quantitative estimate of drug-likeness (QED) is 0.433. The third-order valence-corrected chi connectivity index (χ3v) is 7.65. The van der Waals surface area contributed by atoms with Gasteiger partial charge in [0, 0.05) is 25.3 Å². The summed E-state index contributed by atoms with van der Waals surface area (Å²) in [5.41, 5.74) is 2.20. The van der Waals surface area contributed by atoms with E-state index in [1.807, 2.05) is 6.07 Å². The van der Waals surface area contributed by atoms with Crippen molar-refractivity contribution in [3.63, 3.8) is 0 Å². The number of carboxylic acid groups (broad SMARTS) is 1. The van der Waals surface area contributed by atoms with Gasteiger partial charge in [-0.15, -0.1) is 0 Å². The maximum Gasteiger partial charge on any atom is 0.323 e. The average Bonchev–Trinajstić information content (AvgIpc) is 2.82. The first-order chi connectivity index (χ1) is 16.2. The normalized spacial score (nSPS) is 18.6. The van der Waals surface area contributed by atoms with Crippen molar-refractivity contribution >= 4 is 27.7 Å². The lowest BCUT2D eigenvalue weighted by Crippen LogP contribution is -2.58. The van der Waals surface area contributed by atoms with Crippen LogP contribution < -0.4 is 10.0 Å². The first-order valence-electron chi connectivity index (χ1n) is 11.2. The van der Waals surface area contributed by atoms with Gasteiger partial charge in [-0.3, -0.25) is 9.59 Å². The van der Waals surface area contributed by atoms with E-state index in [9.17, 15) is 27.5 Å². The highest BCUT2D eigenvalue weighted by Crippen LogP contribution is 2.25. The molecule has 0 aliphatic carbocycles. The summed E-state index contributed by atoms with van der Waals surface area (Å²) in [5.74, 6) is -1.46. The van der Waals surface area contributed by atoms with Crippen molar-refractivity contribution in [1.29, 1.82) is 0 Å². The molecule has 9 nitrogen and oxygen atoms in total. The monoisotopic (exact) mass is 490 g/mol. The van der Waals surface area contributed by atoms with E-state index in [4.69, 9.17) is 0 Å². The minimum absolute atomic E-state index is 0.188. The number of anilines is 1. The van der Waals surface area contributed by atoms with E-state index in [-0.39, 0.29) is 23.3 Å². The molecule has 2 aliphatic heterocycles. The molecule has 11 heteroatoms. The summed E-state index contributed by atoms with van der Waals surface area (Å²) in [7, 11) is -4.18. The van der Waals surface area contributed by atoms with Gasteiger partial charge in [0.05, 0.1) is 10.8 Å². The second-order valence-electron chi connectivity index (χ2n) is 8.64. The molecule has 0 bridgehead atoms. The minimum atomic E-state index is -4.18. The van der Waals surface area contributed by atoms with Gasteiger partial charge in [0.15, 0.2) is 0 Å². The number of halogens is 1. The van der Waals surface area contributed by atoms with E-state index in [0.29, 0.717) is 13.0 Å². The number of hydrogen-bond acceptors (Lipinski definition) is 6. The van der Waals surface area contributed by atoms with Crippen LogP contribution in [0.3, 0.4) is 0 Å². The third kappa shape index (κ3) is 5.53. The maximum absolute atomic E-state index is 13.1. The Morgan fingerprint density at radius 1 is 1.26 bits per heavy atom. The number of aliphatic carboxylic acids is 1. The number of fused-ring (bicyclic) bond motifs is 1. The number of carboxylic acids is 1. The van der Waals surface area contributed by atoms with Crippen molar-refractivity contribution in [2.24, 2.45) is 5.92 Å². The van der Waals surface area contributed by atoms with Gasteiger partial charge >= 0.3 is 5.97 Å². The summed E-state index contributed by atoms with van der Waals surface area (Å²) in [4.78, 5) is 29.9. The number of sulfonamides is 1. The summed E-state index contributed by atoms with van der Waals surface area (Å²) in [6, 6.07) is 6.66. The second kappa shape index (κ2) is 10.1. The molecule has 3 N–H and O–H groups in total. The number of aromatic nitrogens is 1. The number of benzene rings is 1. The SMILES string of the molecule is O=C(O)[C@H](CN1C[C@@H](CCCc2ccc3c(n2)NCCC3)C1=O)NS(=O)(=O)c1ccc(F)cc1. The molecule has 0 saturated carbocycles. The molecule has 1 aromatic heterocycles. The zero-order chi connectivity index (χ0) is 24.3. The van der Waals surface area contributed by atoms with Crippen LogP contribution in [0.15, 0.2) is 41.3 Å². The number of carbonyl (C=O) groups is 2. The zero-order valence-electron chi connectivity index (χ0n) is 18.5. The van der Waals surface area contributed by atoms with E-state index in [2.05, 4.69) is 21.1 Å². The van der Waals surface area contributed by atoms with Gasteiger partial charge in [-0.2, -0.15) is 4.72 Å². The standard InChI is InChI=1S/C23H27FN4O5S/c24-17-7-10-19(11-8-17)34(32,33)27-20(23(30)31)14-28-13-16(22(28)29)3-1-5-18-9-6-15-4-2-12-25-21(15)26-18/h6-11,16,20,27H,1-5,12-14H2,(H,25,26)(H,30,31)/t16-,20+/m1/s1. The molecule has 0 radical (unpaired) electrons. The number of β-lactam (4-membered cyclic amide) rings is 1. The minimum Gasteiger partial charge on any atom is -0.480 e. The molecular formula is C23H27FN4O5S. The van der Waals surface area contributed by atoms with Crippen molar-refractivity contribution in [2.75, 3.05) is 25.0 Å². The topological polar surface area (TPSA) is 129 Å². The van der Waals surface area contributed by atoms with Gasteiger partial charge in [0.25, 0.3) is 0 Å². The molecule has 0 unspecified atom stereocenters. The molecular weight excluding hydrogens is 463 g/mol. The second-order valence-corrected chi connectivity index (χ2v) is 10.4. The van der Waals surface area contributed by atoms with Gasteiger partial charge in [-0.1, -0.05) is 6.07 Å². The Labute approximate surface area is 197 Å². The van der Waals surface area contributed by atoms with Crippen LogP contribution in [0.2, 0.25) is 0 Å². The lowest BCUT2D eigenvalue weighted by Gasteiger charge is -2.40. The van der Waals surface area contributed by atoms with Crippen molar-refractivity contribution in [3.8, 4) is 0 Å². The van der Waals surface area contributed by atoms with Gasteiger partial charge in [-0.05, 0) is 68.0 Å². The van der Waals surface area contributed by atoms with Crippen molar-refractivity contribution in [1.82, 2.24) is 14.6 Å². The summed E-state index contributed by atoms with van der Waals surface area (Å²) < 4.78 is 40.1. The first-order valence-corrected chi connectivity index (χ1v) is 12.7. The van der Waals surface area contributed by atoms with Gasteiger partial charge in [0.2, 0.25) is 15.9 Å². The fourth-order valence-corrected chi connectivity index (χ4v) is 5.43. The van der Waals surface area contributed by atoms with E-state index in [1.165, 1.54) is 10.5 Å². The fraction of sp³-hybridized carbons (Fsp3) is 0.435. The molecule has 0 spiro atoms. The highest BCUT2D eigenvalue weighted by molar-refractivity contribution is 7.89. The zero-order valence-corrected chi connectivity index (χ0v) is 19.4. The molecule has 34 heavy (non-hydrogen) atoms. The predicted molar refractivity (Wildman–Crippen MR) is 122 cm³/mol. The molecule has 2 atom stereocenters.